The van der Waals surface area contributed by atoms with E-state index in [9.17, 15) is 13.2 Å². The zero-order valence-electron chi connectivity index (χ0n) is 17.9. The Bertz CT molecular complexity index is 1140. The Morgan fingerprint density at radius 1 is 1.16 bits per heavy atom. The van der Waals surface area contributed by atoms with Crippen molar-refractivity contribution >= 4 is 27.1 Å². The van der Waals surface area contributed by atoms with E-state index < -0.39 is 15.4 Å². The molecule has 4 rings (SSSR count). The molecule has 2 aromatic rings. The van der Waals surface area contributed by atoms with Crippen LogP contribution in [0.3, 0.4) is 0 Å². The van der Waals surface area contributed by atoms with Crippen molar-refractivity contribution in [1.29, 1.82) is 5.41 Å². The van der Waals surface area contributed by atoms with Gasteiger partial charge in [-0.15, -0.1) is 0 Å². The molecular weight excluding hydrogens is 414 g/mol. The Balaban J connectivity index is 1.60. The summed E-state index contributed by atoms with van der Waals surface area (Å²) < 4.78 is 23.0. The maximum atomic E-state index is 12.7. The van der Waals surface area contributed by atoms with Gasteiger partial charge in [0.25, 0.3) is 5.91 Å². The number of carbonyl (C=O) groups is 1. The number of sulfone groups is 1. The van der Waals surface area contributed by atoms with Crippen LogP contribution in [-0.4, -0.2) is 53.1 Å². The number of amides is 1. The molecule has 0 unspecified atom stereocenters. The highest BCUT2D eigenvalue weighted by Gasteiger charge is 2.45. The van der Waals surface area contributed by atoms with Crippen LogP contribution >= 0.6 is 0 Å². The van der Waals surface area contributed by atoms with E-state index in [0.29, 0.717) is 28.4 Å². The summed E-state index contributed by atoms with van der Waals surface area (Å²) in [6.07, 6.45) is 7.25. The van der Waals surface area contributed by atoms with Gasteiger partial charge in [-0.05, 0) is 57.2 Å². The van der Waals surface area contributed by atoms with Crippen molar-refractivity contribution in [3.05, 3.63) is 53.1 Å². The normalized spacial score (nSPS) is 18.8. The van der Waals surface area contributed by atoms with Gasteiger partial charge in [-0.1, -0.05) is 0 Å². The quantitative estimate of drug-likeness (QED) is 0.567. The molecule has 164 valence electrons. The van der Waals surface area contributed by atoms with Gasteiger partial charge in [0.1, 0.15) is 5.69 Å². The Morgan fingerprint density at radius 2 is 1.87 bits per heavy atom. The number of hydrogen-bond donors (Lipinski definition) is 3. The molecule has 0 spiro atoms. The second-order valence-corrected chi connectivity index (χ2v) is 11.2. The summed E-state index contributed by atoms with van der Waals surface area (Å²) >= 11 is 0. The van der Waals surface area contributed by atoms with Crippen LogP contribution in [0, 0.1) is 5.41 Å². The van der Waals surface area contributed by atoms with Gasteiger partial charge < -0.3 is 10.6 Å². The molecule has 1 aliphatic heterocycles. The van der Waals surface area contributed by atoms with Crippen molar-refractivity contribution < 1.29 is 13.2 Å². The summed E-state index contributed by atoms with van der Waals surface area (Å²) in [5.74, 6) is 0.0172. The number of aromatic nitrogens is 2. The molecule has 2 aromatic heterocycles. The van der Waals surface area contributed by atoms with Gasteiger partial charge in [-0.25, -0.2) is 8.42 Å². The number of rotatable bonds is 7. The molecule has 0 radical (unpaired) electrons. The molecule has 0 atom stereocenters. The lowest BCUT2D eigenvalue weighted by Crippen LogP contribution is -2.63. The minimum atomic E-state index is -3.07. The first-order chi connectivity index (χ1) is 14.6. The molecule has 0 bridgehead atoms. The lowest BCUT2D eigenvalue weighted by atomic mass is 10.0. The first kappa shape index (κ1) is 21.4. The molecule has 2 aliphatic rings. The van der Waals surface area contributed by atoms with E-state index in [0.717, 1.165) is 18.4 Å². The lowest BCUT2D eigenvalue weighted by Gasteiger charge is -2.38. The van der Waals surface area contributed by atoms with E-state index in [-0.39, 0.29) is 29.2 Å². The molecule has 1 amide bonds. The first-order valence-electron chi connectivity index (χ1n) is 10.4. The number of pyridine rings is 2. The summed E-state index contributed by atoms with van der Waals surface area (Å²) in [7, 11) is -3.07. The van der Waals surface area contributed by atoms with Crippen molar-refractivity contribution in [2.45, 2.75) is 51.1 Å². The average molecular weight is 442 g/mol. The van der Waals surface area contributed by atoms with Gasteiger partial charge in [0.2, 0.25) is 0 Å². The van der Waals surface area contributed by atoms with Gasteiger partial charge in [-0.2, -0.15) is 0 Å². The Kier molecular flexibility index (Phi) is 5.33. The third-order valence-corrected chi connectivity index (χ3v) is 7.57. The maximum absolute atomic E-state index is 12.7. The van der Waals surface area contributed by atoms with Crippen molar-refractivity contribution in [3.8, 4) is 0 Å². The summed E-state index contributed by atoms with van der Waals surface area (Å²) in [6.45, 7) is 5.65. The van der Waals surface area contributed by atoms with E-state index in [1.807, 2.05) is 26.1 Å². The lowest BCUT2D eigenvalue weighted by molar-refractivity contribution is 0.0916. The minimum absolute atomic E-state index is 0.0661. The zero-order chi connectivity index (χ0) is 22.4. The Morgan fingerprint density at radius 3 is 2.48 bits per heavy atom. The predicted molar refractivity (Wildman–Crippen MR) is 120 cm³/mol. The fraction of sp³-hybridized carbons (Fsp3) is 0.455. The van der Waals surface area contributed by atoms with Gasteiger partial charge >= 0.3 is 0 Å². The Hall–Kier alpha value is -2.81. The van der Waals surface area contributed by atoms with E-state index in [1.54, 1.807) is 19.2 Å². The van der Waals surface area contributed by atoms with Crippen LogP contribution in [-0.2, 0) is 9.84 Å². The molecule has 0 aromatic carbocycles. The fourth-order valence-electron chi connectivity index (χ4n) is 3.93. The summed E-state index contributed by atoms with van der Waals surface area (Å²) in [4.78, 5) is 21.5. The van der Waals surface area contributed by atoms with Gasteiger partial charge in [0.15, 0.2) is 9.84 Å². The van der Waals surface area contributed by atoms with Gasteiger partial charge in [0.05, 0.1) is 34.0 Å². The van der Waals surface area contributed by atoms with Crippen LogP contribution in [0.2, 0.25) is 0 Å². The number of anilines is 1. The molecule has 1 saturated carbocycles. The Labute approximate surface area is 182 Å². The maximum Gasteiger partial charge on any atom is 0.253 e. The molecule has 8 nitrogen and oxygen atoms in total. The zero-order valence-corrected chi connectivity index (χ0v) is 18.7. The minimum Gasteiger partial charge on any atom is -0.381 e. The molecule has 1 saturated heterocycles. The fourth-order valence-corrected chi connectivity index (χ4v) is 5.93. The van der Waals surface area contributed by atoms with Gasteiger partial charge in [-0.3, -0.25) is 20.2 Å². The van der Waals surface area contributed by atoms with Crippen molar-refractivity contribution in [1.82, 2.24) is 15.3 Å². The monoisotopic (exact) mass is 441 g/mol. The molecule has 31 heavy (non-hydrogen) atoms. The highest BCUT2D eigenvalue weighted by atomic mass is 32.2. The summed E-state index contributed by atoms with van der Waals surface area (Å²) in [6, 6.07) is 3.73. The third-order valence-electron chi connectivity index (χ3n) is 5.42. The molecule has 3 N–H and O–H groups in total. The standard InChI is InChI=1S/C22H27N5O3S/c1-13(2)26-18-7-17(21(28)27-22(3)11-31(29,30)12-22)10-25-20(18)19(23)16-6-15(8-24-9-16)14-4-5-14/h6-10,13-14,23,26H,4-5,11-12H2,1-3H3,(H,27,28). The number of nitrogens with one attached hydrogen (secondary N) is 3. The summed E-state index contributed by atoms with van der Waals surface area (Å²) in [5.41, 5.74) is 2.64. The predicted octanol–water partition coefficient (Wildman–Crippen LogP) is 2.51. The number of carbonyl (C=O) groups excluding carboxylic acids is 1. The molecule has 1 aliphatic carbocycles. The number of hydrogen-bond acceptors (Lipinski definition) is 7. The molecule has 2 fully saturated rings. The van der Waals surface area contributed by atoms with Crippen LogP contribution in [0.5, 0.6) is 0 Å². The van der Waals surface area contributed by atoms with E-state index in [1.165, 1.54) is 6.20 Å². The van der Waals surface area contributed by atoms with E-state index >= 15 is 0 Å². The second-order valence-electron chi connectivity index (χ2n) is 9.12. The average Bonchev–Trinajstić information content (AvgIpc) is 3.50. The van der Waals surface area contributed by atoms with Crippen molar-refractivity contribution in [2.75, 3.05) is 16.8 Å². The van der Waals surface area contributed by atoms with Crippen LogP contribution < -0.4 is 10.6 Å². The first-order valence-corrected chi connectivity index (χ1v) is 12.2. The van der Waals surface area contributed by atoms with Crippen LogP contribution in [0.15, 0.2) is 30.7 Å². The number of nitrogens with zero attached hydrogens (tertiary/aromatic N) is 2. The van der Waals surface area contributed by atoms with E-state index in [2.05, 4.69) is 20.6 Å². The van der Waals surface area contributed by atoms with E-state index in [4.69, 9.17) is 5.41 Å². The summed E-state index contributed by atoms with van der Waals surface area (Å²) in [5, 5.41) is 14.8. The van der Waals surface area contributed by atoms with Crippen LogP contribution in [0.4, 0.5) is 5.69 Å². The van der Waals surface area contributed by atoms with Crippen LogP contribution in [0.25, 0.3) is 0 Å². The smallest absolute Gasteiger partial charge is 0.253 e. The van der Waals surface area contributed by atoms with Gasteiger partial charge in [0, 0.05) is 30.2 Å². The van der Waals surface area contributed by atoms with Crippen molar-refractivity contribution in [3.63, 3.8) is 0 Å². The SMILES string of the molecule is CC(C)Nc1cc(C(=O)NC2(C)CS(=O)(=O)C2)cnc1C(=N)c1cncc(C2CC2)c1. The largest absolute Gasteiger partial charge is 0.381 e. The highest BCUT2D eigenvalue weighted by molar-refractivity contribution is 7.93. The topological polar surface area (TPSA) is 125 Å². The second kappa shape index (κ2) is 7.71. The molecule has 9 heteroatoms. The third kappa shape index (κ3) is 4.76. The molecule has 3 heterocycles. The highest BCUT2D eigenvalue weighted by Crippen LogP contribution is 2.40. The van der Waals surface area contributed by atoms with Crippen LogP contribution in [0.1, 0.15) is 66.7 Å². The molecular formula is C22H27N5O3S. The van der Waals surface area contributed by atoms with Crippen molar-refractivity contribution in [2.24, 2.45) is 0 Å².